The van der Waals surface area contributed by atoms with Gasteiger partial charge in [0, 0.05) is 6.07 Å². The summed E-state index contributed by atoms with van der Waals surface area (Å²) < 4.78 is 58.2. The zero-order valence-corrected chi connectivity index (χ0v) is 11.2. The van der Waals surface area contributed by atoms with Crippen molar-refractivity contribution >= 4 is 26.8 Å². The van der Waals surface area contributed by atoms with Crippen LogP contribution in [0.4, 0.5) is 14.5 Å². The summed E-state index contributed by atoms with van der Waals surface area (Å²) >= 11 is 0. The lowest BCUT2D eigenvalue weighted by Gasteiger charge is -2.09. The molecule has 0 radical (unpaired) electrons. The Morgan fingerprint density at radius 3 is 2.52 bits per heavy atom. The number of nitrogens with zero attached hydrogens (tertiary/aromatic N) is 1. The number of halogens is 2. The van der Waals surface area contributed by atoms with Crippen LogP contribution in [-0.4, -0.2) is 13.4 Å². The maximum absolute atomic E-state index is 13.5. The molecule has 0 saturated carbocycles. The van der Waals surface area contributed by atoms with Crippen molar-refractivity contribution in [2.75, 3.05) is 4.72 Å². The summed E-state index contributed by atoms with van der Waals surface area (Å²) in [5, 5.41) is 0. The van der Waals surface area contributed by atoms with E-state index in [4.69, 9.17) is 4.42 Å². The predicted molar refractivity (Wildman–Crippen MR) is 71.2 cm³/mol. The monoisotopic (exact) mass is 310 g/mol. The van der Waals surface area contributed by atoms with Crippen LogP contribution in [0.15, 0.2) is 52.1 Å². The molecule has 1 heterocycles. The minimum absolute atomic E-state index is 0.186. The summed E-state index contributed by atoms with van der Waals surface area (Å²) in [6, 6.07) is 6.99. The summed E-state index contributed by atoms with van der Waals surface area (Å²) in [5.74, 6) is -2.00. The van der Waals surface area contributed by atoms with E-state index in [1.54, 1.807) is 0 Å². The summed E-state index contributed by atoms with van der Waals surface area (Å²) in [6.07, 6.45) is 1.17. The zero-order valence-electron chi connectivity index (χ0n) is 10.4. The van der Waals surface area contributed by atoms with Crippen LogP contribution >= 0.6 is 0 Å². The molecule has 8 heteroatoms. The van der Waals surface area contributed by atoms with Crippen molar-refractivity contribution in [2.24, 2.45) is 0 Å². The Balaban J connectivity index is 2.04. The average molecular weight is 310 g/mol. The predicted octanol–water partition coefficient (Wildman–Crippen LogP) is 2.91. The van der Waals surface area contributed by atoms with Crippen LogP contribution in [-0.2, 0) is 10.0 Å². The highest BCUT2D eigenvalue weighted by Gasteiger charge is 2.20. The van der Waals surface area contributed by atoms with Gasteiger partial charge in [0.2, 0.25) is 0 Å². The normalized spacial score (nSPS) is 11.7. The molecule has 1 aromatic heterocycles. The number of sulfonamides is 1. The molecule has 3 aromatic rings. The van der Waals surface area contributed by atoms with Gasteiger partial charge >= 0.3 is 0 Å². The van der Waals surface area contributed by atoms with Gasteiger partial charge in [-0.05, 0) is 24.3 Å². The van der Waals surface area contributed by atoms with Crippen LogP contribution in [0, 0.1) is 11.6 Å². The van der Waals surface area contributed by atoms with Gasteiger partial charge in [-0.1, -0.05) is 6.07 Å². The van der Waals surface area contributed by atoms with Gasteiger partial charge in [-0.2, -0.15) is 0 Å². The number of fused-ring (bicyclic) bond motifs is 1. The van der Waals surface area contributed by atoms with Gasteiger partial charge in [0.1, 0.15) is 22.8 Å². The molecular weight excluding hydrogens is 302 g/mol. The van der Waals surface area contributed by atoms with Crippen LogP contribution in [0.1, 0.15) is 0 Å². The lowest BCUT2D eigenvalue weighted by molar-refractivity contribution is 0.582. The molecule has 0 fully saturated rings. The van der Waals surface area contributed by atoms with Crippen molar-refractivity contribution in [1.29, 1.82) is 0 Å². The maximum Gasteiger partial charge on any atom is 0.262 e. The first-order valence-electron chi connectivity index (χ1n) is 5.77. The molecule has 0 aliphatic rings. The highest BCUT2D eigenvalue weighted by Crippen LogP contribution is 2.24. The SMILES string of the molecule is O=S(=O)(Nc1c(F)cccc1F)c1ccc2ncoc2c1. The molecule has 2 aromatic carbocycles. The standard InChI is InChI=1S/C13H8F2N2O3S/c14-9-2-1-3-10(15)13(9)17-21(18,19)8-4-5-11-12(6-8)20-7-16-11/h1-7,17H. The minimum Gasteiger partial charge on any atom is -0.443 e. The molecule has 0 aliphatic heterocycles. The first-order valence-corrected chi connectivity index (χ1v) is 7.26. The molecule has 0 bridgehead atoms. The Kier molecular flexibility index (Phi) is 3.09. The van der Waals surface area contributed by atoms with Gasteiger partial charge < -0.3 is 4.42 Å². The number of benzene rings is 2. The molecule has 0 unspecified atom stereocenters. The second kappa shape index (κ2) is 4.81. The first-order chi connectivity index (χ1) is 9.97. The number of hydrogen-bond acceptors (Lipinski definition) is 4. The quantitative estimate of drug-likeness (QED) is 0.807. The average Bonchev–Trinajstić information content (AvgIpc) is 2.90. The van der Waals surface area contributed by atoms with E-state index in [-0.39, 0.29) is 10.5 Å². The summed E-state index contributed by atoms with van der Waals surface area (Å²) in [4.78, 5) is 3.67. The van der Waals surface area contributed by atoms with Crippen molar-refractivity contribution in [1.82, 2.24) is 4.98 Å². The molecule has 0 aliphatic carbocycles. The summed E-state index contributed by atoms with van der Waals surface area (Å²) in [7, 11) is -4.15. The summed E-state index contributed by atoms with van der Waals surface area (Å²) in [6.45, 7) is 0. The molecule has 0 atom stereocenters. The van der Waals surface area contributed by atoms with E-state index >= 15 is 0 Å². The second-order valence-corrected chi connectivity index (χ2v) is 5.87. The summed E-state index contributed by atoms with van der Waals surface area (Å²) in [5.41, 5.74) is 0.00747. The topological polar surface area (TPSA) is 72.2 Å². The van der Waals surface area contributed by atoms with E-state index in [2.05, 4.69) is 4.98 Å². The van der Waals surface area contributed by atoms with E-state index in [0.717, 1.165) is 18.2 Å². The lowest BCUT2D eigenvalue weighted by Crippen LogP contribution is -2.15. The molecular formula is C13H8F2N2O3S. The van der Waals surface area contributed by atoms with Gasteiger partial charge in [0.25, 0.3) is 10.0 Å². The number of anilines is 1. The molecule has 0 spiro atoms. The van der Waals surface area contributed by atoms with E-state index in [0.29, 0.717) is 5.52 Å². The van der Waals surface area contributed by atoms with E-state index in [9.17, 15) is 17.2 Å². The Labute approximate surface area is 118 Å². The molecule has 21 heavy (non-hydrogen) atoms. The van der Waals surface area contributed by atoms with Crippen LogP contribution in [0.5, 0.6) is 0 Å². The fourth-order valence-electron chi connectivity index (χ4n) is 1.79. The smallest absolute Gasteiger partial charge is 0.262 e. The number of aromatic nitrogens is 1. The van der Waals surface area contributed by atoms with Gasteiger partial charge in [-0.3, -0.25) is 4.72 Å². The fraction of sp³-hybridized carbons (Fsp3) is 0. The number of para-hydroxylation sites is 1. The molecule has 3 rings (SSSR count). The number of oxazole rings is 1. The van der Waals surface area contributed by atoms with E-state index in [1.807, 2.05) is 4.72 Å². The zero-order chi connectivity index (χ0) is 15.0. The second-order valence-electron chi connectivity index (χ2n) is 4.18. The van der Waals surface area contributed by atoms with Gasteiger partial charge in [-0.25, -0.2) is 22.2 Å². The van der Waals surface area contributed by atoms with Crippen LogP contribution < -0.4 is 4.72 Å². The van der Waals surface area contributed by atoms with Gasteiger partial charge in [-0.15, -0.1) is 0 Å². The molecule has 1 N–H and O–H groups in total. The number of hydrogen-bond donors (Lipinski definition) is 1. The third kappa shape index (κ3) is 2.45. The lowest BCUT2D eigenvalue weighted by atomic mass is 10.3. The molecule has 5 nitrogen and oxygen atoms in total. The first kappa shape index (κ1) is 13.5. The van der Waals surface area contributed by atoms with Crippen molar-refractivity contribution in [3.8, 4) is 0 Å². The van der Waals surface area contributed by atoms with Gasteiger partial charge in [0.05, 0.1) is 4.90 Å². The van der Waals surface area contributed by atoms with Crippen molar-refractivity contribution in [3.05, 3.63) is 54.4 Å². The maximum atomic E-state index is 13.5. The number of rotatable bonds is 3. The Hall–Kier alpha value is -2.48. The third-order valence-electron chi connectivity index (χ3n) is 2.81. The fourth-order valence-corrected chi connectivity index (χ4v) is 2.88. The highest BCUT2D eigenvalue weighted by molar-refractivity contribution is 7.92. The Morgan fingerprint density at radius 2 is 1.81 bits per heavy atom. The van der Waals surface area contributed by atoms with Crippen molar-refractivity contribution < 1.29 is 21.6 Å². The molecule has 0 saturated heterocycles. The minimum atomic E-state index is -4.15. The van der Waals surface area contributed by atoms with Crippen LogP contribution in [0.25, 0.3) is 11.1 Å². The molecule has 108 valence electrons. The van der Waals surface area contributed by atoms with Crippen LogP contribution in [0.2, 0.25) is 0 Å². The Bertz CT molecular complexity index is 902. The van der Waals surface area contributed by atoms with Crippen LogP contribution in [0.3, 0.4) is 0 Å². The van der Waals surface area contributed by atoms with Crippen molar-refractivity contribution in [3.63, 3.8) is 0 Å². The Morgan fingerprint density at radius 1 is 1.10 bits per heavy atom. The number of nitrogens with one attached hydrogen (secondary N) is 1. The highest BCUT2D eigenvalue weighted by atomic mass is 32.2. The van der Waals surface area contributed by atoms with Crippen molar-refractivity contribution in [2.45, 2.75) is 4.90 Å². The van der Waals surface area contributed by atoms with E-state index < -0.39 is 27.3 Å². The molecule has 0 amide bonds. The van der Waals surface area contributed by atoms with Gasteiger partial charge in [0.15, 0.2) is 12.0 Å². The van der Waals surface area contributed by atoms with E-state index in [1.165, 1.54) is 24.6 Å². The third-order valence-corrected chi connectivity index (χ3v) is 4.16. The largest absolute Gasteiger partial charge is 0.443 e.